The van der Waals surface area contributed by atoms with Crippen LogP contribution in [0.2, 0.25) is 0 Å². The summed E-state index contributed by atoms with van der Waals surface area (Å²) < 4.78 is 10.9. The number of benzene rings is 1. The summed E-state index contributed by atoms with van der Waals surface area (Å²) in [4.78, 5) is 26.5. The Balaban J connectivity index is 1.26. The highest BCUT2D eigenvalue weighted by molar-refractivity contribution is 5.99. The number of piperazine rings is 1. The van der Waals surface area contributed by atoms with E-state index in [4.69, 9.17) is 14.5 Å². The monoisotopic (exact) mass is 394 g/mol. The summed E-state index contributed by atoms with van der Waals surface area (Å²) in [6, 6.07) is 6.16. The largest absolute Gasteiger partial charge is 0.454 e. The van der Waals surface area contributed by atoms with E-state index in [2.05, 4.69) is 33.8 Å². The number of rotatable bonds is 3. The molecule has 1 aromatic heterocycles. The Morgan fingerprint density at radius 3 is 2.69 bits per heavy atom. The standard InChI is InChI=1S/C22H26N4O3/c1-14-9-17-21(18(27)10-14)15(2)23-22(24-17)26-7-5-25(6-8-26)12-16-3-4-19-20(11-16)29-13-28-19/h3-4,11,14H,5-10,12-13H2,1-2H3/t14-/m0/s1. The van der Waals surface area contributed by atoms with E-state index in [-0.39, 0.29) is 5.78 Å². The summed E-state index contributed by atoms with van der Waals surface area (Å²) >= 11 is 0. The van der Waals surface area contributed by atoms with Gasteiger partial charge < -0.3 is 14.4 Å². The van der Waals surface area contributed by atoms with Gasteiger partial charge in [0.05, 0.1) is 17.0 Å². The number of carbonyl (C=O) groups excluding carboxylic acids is 1. The Labute approximate surface area is 170 Å². The molecule has 1 saturated heterocycles. The van der Waals surface area contributed by atoms with Crippen LogP contribution in [0.4, 0.5) is 5.95 Å². The van der Waals surface area contributed by atoms with Gasteiger partial charge in [-0.1, -0.05) is 13.0 Å². The van der Waals surface area contributed by atoms with Crippen molar-refractivity contribution >= 4 is 11.7 Å². The fourth-order valence-electron chi connectivity index (χ4n) is 4.49. The van der Waals surface area contributed by atoms with E-state index in [9.17, 15) is 4.79 Å². The summed E-state index contributed by atoms with van der Waals surface area (Å²) in [6.07, 6.45) is 1.47. The topological polar surface area (TPSA) is 67.8 Å². The maximum atomic E-state index is 12.4. The van der Waals surface area contributed by atoms with E-state index in [0.29, 0.717) is 19.1 Å². The van der Waals surface area contributed by atoms with E-state index in [1.165, 1.54) is 5.56 Å². The number of aromatic nitrogens is 2. The average Bonchev–Trinajstić information content (AvgIpc) is 3.15. The molecule has 0 spiro atoms. The molecule has 152 valence electrons. The van der Waals surface area contributed by atoms with Gasteiger partial charge in [-0.25, -0.2) is 9.97 Å². The number of nitrogens with zero attached hydrogens (tertiary/aromatic N) is 4. The molecule has 0 bridgehead atoms. The minimum atomic E-state index is 0.191. The van der Waals surface area contributed by atoms with Crippen molar-refractivity contribution in [1.82, 2.24) is 14.9 Å². The molecule has 0 N–H and O–H groups in total. The highest BCUT2D eigenvalue weighted by atomic mass is 16.7. The highest BCUT2D eigenvalue weighted by Crippen LogP contribution is 2.33. The van der Waals surface area contributed by atoms with Crippen LogP contribution in [-0.2, 0) is 13.0 Å². The summed E-state index contributed by atoms with van der Waals surface area (Å²) in [5.41, 5.74) is 3.74. The molecule has 1 aliphatic carbocycles. The zero-order valence-electron chi connectivity index (χ0n) is 17.0. The fraction of sp³-hybridized carbons (Fsp3) is 0.500. The second-order valence-electron chi connectivity index (χ2n) is 8.32. The summed E-state index contributed by atoms with van der Waals surface area (Å²) in [6.45, 7) is 8.91. The van der Waals surface area contributed by atoms with E-state index in [0.717, 1.165) is 73.5 Å². The molecule has 0 radical (unpaired) electrons. The number of hydrogen-bond donors (Lipinski definition) is 0. The molecule has 0 amide bonds. The third-order valence-corrected chi connectivity index (χ3v) is 6.01. The van der Waals surface area contributed by atoms with Crippen molar-refractivity contribution in [3.63, 3.8) is 0 Å². The van der Waals surface area contributed by atoms with Crippen LogP contribution in [0.3, 0.4) is 0 Å². The molecule has 2 aliphatic heterocycles. The predicted molar refractivity (Wildman–Crippen MR) is 109 cm³/mol. The molecular weight excluding hydrogens is 368 g/mol. The van der Waals surface area contributed by atoms with Crippen molar-refractivity contribution in [2.24, 2.45) is 5.92 Å². The molecule has 0 unspecified atom stereocenters. The Morgan fingerprint density at radius 2 is 1.86 bits per heavy atom. The molecular formula is C22H26N4O3. The molecule has 1 atom stereocenters. The van der Waals surface area contributed by atoms with Crippen LogP contribution >= 0.6 is 0 Å². The van der Waals surface area contributed by atoms with E-state index >= 15 is 0 Å². The minimum absolute atomic E-state index is 0.191. The van der Waals surface area contributed by atoms with Gasteiger partial charge >= 0.3 is 0 Å². The van der Waals surface area contributed by atoms with Crippen LogP contribution in [0, 0.1) is 12.8 Å². The fourth-order valence-corrected chi connectivity index (χ4v) is 4.49. The van der Waals surface area contributed by atoms with Crippen LogP contribution < -0.4 is 14.4 Å². The molecule has 5 rings (SSSR count). The van der Waals surface area contributed by atoms with Gasteiger partial charge in [0, 0.05) is 39.1 Å². The Bertz CT molecular complexity index is 953. The van der Waals surface area contributed by atoms with Crippen molar-refractivity contribution in [2.45, 2.75) is 33.2 Å². The normalized spacial score (nSPS) is 21.4. The SMILES string of the molecule is Cc1nc(N2CCN(Cc3ccc4c(c3)OCO4)CC2)nc2c1C(=O)C[C@@H](C)C2. The lowest BCUT2D eigenvalue weighted by atomic mass is 9.86. The first-order valence-electron chi connectivity index (χ1n) is 10.3. The second kappa shape index (κ2) is 7.30. The molecule has 7 heteroatoms. The van der Waals surface area contributed by atoms with Gasteiger partial charge in [0.2, 0.25) is 12.7 Å². The lowest BCUT2D eigenvalue weighted by molar-refractivity contribution is 0.0951. The van der Waals surface area contributed by atoms with Crippen LogP contribution in [0.5, 0.6) is 11.5 Å². The zero-order chi connectivity index (χ0) is 20.0. The van der Waals surface area contributed by atoms with Crippen LogP contribution in [-0.4, -0.2) is 53.6 Å². The third kappa shape index (κ3) is 3.55. The van der Waals surface area contributed by atoms with E-state index < -0.39 is 0 Å². The summed E-state index contributed by atoms with van der Waals surface area (Å²) in [5, 5.41) is 0. The second-order valence-corrected chi connectivity index (χ2v) is 8.32. The lowest BCUT2D eigenvalue weighted by Gasteiger charge is -2.35. The Hall–Kier alpha value is -2.67. The van der Waals surface area contributed by atoms with Crippen LogP contribution in [0.25, 0.3) is 0 Å². The van der Waals surface area contributed by atoms with Crippen molar-refractivity contribution in [3.8, 4) is 11.5 Å². The number of Topliss-reactive ketones (excluding diaryl/α,β-unsaturated/α-hetero) is 1. The highest BCUT2D eigenvalue weighted by Gasteiger charge is 2.28. The molecule has 1 aromatic carbocycles. The van der Waals surface area contributed by atoms with Crippen LogP contribution in [0.15, 0.2) is 18.2 Å². The maximum absolute atomic E-state index is 12.4. The van der Waals surface area contributed by atoms with Gasteiger partial charge in [-0.2, -0.15) is 0 Å². The first-order chi connectivity index (χ1) is 14.1. The van der Waals surface area contributed by atoms with Gasteiger partial charge in [-0.15, -0.1) is 0 Å². The number of anilines is 1. The first-order valence-corrected chi connectivity index (χ1v) is 10.3. The number of fused-ring (bicyclic) bond motifs is 2. The third-order valence-electron chi connectivity index (χ3n) is 6.01. The minimum Gasteiger partial charge on any atom is -0.454 e. The molecule has 0 saturated carbocycles. The van der Waals surface area contributed by atoms with Gasteiger partial charge in [-0.05, 0) is 37.0 Å². The van der Waals surface area contributed by atoms with E-state index in [1.807, 2.05) is 13.0 Å². The van der Waals surface area contributed by atoms with Gasteiger partial charge in [0.25, 0.3) is 0 Å². The van der Waals surface area contributed by atoms with Crippen molar-refractivity contribution in [2.75, 3.05) is 37.9 Å². The molecule has 3 aliphatic rings. The lowest BCUT2D eigenvalue weighted by Crippen LogP contribution is -2.46. The first kappa shape index (κ1) is 18.4. The van der Waals surface area contributed by atoms with Gasteiger partial charge in [-0.3, -0.25) is 9.69 Å². The van der Waals surface area contributed by atoms with E-state index in [1.54, 1.807) is 0 Å². The number of ketones is 1. The van der Waals surface area contributed by atoms with Crippen molar-refractivity contribution < 1.29 is 14.3 Å². The molecule has 7 nitrogen and oxygen atoms in total. The quantitative estimate of drug-likeness (QED) is 0.793. The Morgan fingerprint density at radius 1 is 1.07 bits per heavy atom. The number of aryl methyl sites for hydroxylation is 1. The smallest absolute Gasteiger partial charge is 0.231 e. The summed E-state index contributed by atoms with van der Waals surface area (Å²) in [7, 11) is 0. The number of carbonyl (C=O) groups is 1. The average molecular weight is 394 g/mol. The van der Waals surface area contributed by atoms with Crippen molar-refractivity contribution in [3.05, 3.63) is 40.7 Å². The zero-order valence-corrected chi connectivity index (χ0v) is 17.0. The number of hydrogen-bond acceptors (Lipinski definition) is 7. The van der Waals surface area contributed by atoms with Crippen molar-refractivity contribution in [1.29, 1.82) is 0 Å². The molecule has 1 fully saturated rings. The van der Waals surface area contributed by atoms with Crippen LogP contribution in [0.1, 0.15) is 40.7 Å². The Kier molecular flexibility index (Phi) is 4.62. The molecule has 29 heavy (non-hydrogen) atoms. The van der Waals surface area contributed by atoms with Gasteiger partial charge in [0.1, 0.15) is 0 Å². The molecule has 2 aromatic rings. The molecule has 3 heterocycles. The number of ether oxygens (including phenoxy) is 2. The summed E-state index contributed by atoms with van der Waals surface area (Å²) in [5.74, 6) is 2.98. The van der Waals surface area contributed by atoms with Gasteiger partial charge in [0.15, 0.2) is 17.3 Å². The maximum Gasteiger partial charge on any atom is 0.231 e. The predicted octanol–water partition coefficient (Wildman–Crippen LogP) is 2.60.